The van der Waals surface area contributed by atoms with E-state index in [2.05, 4.69) is 82.7 Å². The lowest BCUT2D eigenvalue weighted by molar-refractivity contribution is 0.765. The van der Waals surface area contributed by atoms with Crippen LogP contribution < -0.4 is 0 Å². The predicted molar refractivity (Wildman–Crippen MR) is 88.5 cm³/mol. The molecule has 0 nitrogen and oxygen atoms in total. The molecule has 2 aromatic rings. The van der Waals surface area contributed by atoms with Gasteiger partial charge in [-0.15, -0.1) is 0 Å². The molecule has 0 amide bonds. The van der Waals surface area contributed by atoms with Crippen LogP contribution in [-0.2, 0) is 0 Å². The normalized spacial score (nSPS) is 24.3. The van der Waals surface area contributed by atoms with Gasteiger partial charge in [0.15, 0.2) is 0 Å². The monoisotopic (exact) mass is 366 g/mol. The van der Waals surface area contributed by atoms with Crippen molar-refractivity contribution in [2.24, 2.45) is 0 Å². The largest absolute Gasteiger partial charge is 0.0622 e. The smallest absolute Gasteiger partial charge is 0.0138 e. The molecule has 0 bridgehead atoms. The Kier molecular flexibility index (Phi) is 4.00. The van der Waals surface area contributed by atoms with Crippen LogP contribution in [0.5, 0.6) is 0 Å². The third-order valence-corrected chi connectivity index (χ3v) is 10.0. The SMILES string of the molecule is IP1[C@H](c2ccccc2)CC[C@H]1c1ccccc1. The number of benzene rings is 2. The minimum Gasteiger partial charge on any atom is -0.0622 e. The fraction of sp³-hybridized carbons (Fsp3) is 0.250. The maximum Gasteiger partial charge on any atom is 0.0138 e. The van der Waals surface area contributed by atoms with Gasteiger partial charge in [0.2, 0.25) is 0 Å². The Labute approximate surface area is 123 Å². The quantitative estimate of drug-likeness (QED) is 0.445. The summed E-state index contributed by atoms with van der Waals surface area (Å²) in [5.74, 6) is 0. The second-order valence-electron chi connectivity index (χ2n) is 4.77. The van der Waals surface area contributed by atoms with E-state index < -0.39 is 0 Å². The van der Waals surface area contributed by atoms with Crippen molar-refractivity contribution in [2.75, 3.05) is 0 Å². The molecule has 1 aliphatic rings. The molecule has 0 radical (unpaired) electrons. The van der Waals surface area contributed by atoms with E-state index in [-0.39, 0.29) is 5.56 Å². The maximum atomic E-state index is 2.73. The topological polar surface area (TPSA) is 0 Å². The minimum absolute atomic E-state index is 0.0256. The van der Waals surface area contributed by atoms with Gasteiger partial charge in [0.25, 0.3) is 0 Å². The molecule has 0 N–H and O–H groups in total. The van der Waals surface area contributed by atoms with Crippen LogP contribution in [0.4, 0.5) is 0 Å². The van der Waals surface area contributed by atoms with E-state index in [1.807, 2.05) is 0 Å². The molecule has 2 aromatic carbocycles. The van der Waals surface area contributed by atoms with E-state index >= 15 is 0 Å². The number of halogens is 1. The van der Waals surface area contributed by atoms with Crippen LogP contribution in [0.3, 0.4) is 0 Å². The van der Waals surface area contributed by atoms with E-state index in [1.165, 1.54) is 24.0 Å². The molecule has 1 aliphatic heterocycles. The first-order chi connectivity index (χ1) is 8.86. The molecule has 3 rings (SSSR count). The zero-order chi connectivity index (χ0) is 12.4. The summed E-state index contributed by atoms with van der Waals surface area (Å²) in [5, 5.41) is 0. The van der Waals surface area contributed by atoms with Crippen LogP contribution >= 0.6 is 27.6 Å². The molecule has 18 heavy (non-hydrogen) atoms. The fourth-order valence-corrected chi connectivity index (χ4v) is 8.49. The van der Waals surface area contributed by atoms with Gasteiger partial charge in [0.05, 0.1) is 0 Å². The van der Waals surface area contributed by atoms with Crippen LogP contribution in [0.1, 0.15) is 35.3 Å². The summed E-state index contributed by atoms with van der Waals surface area (Å²) < 4.78 is 0. The van der Waals surface area contributed by atoms with Crippen molar-refractivity contribution in [3.63, 3.8) is 0 Å². The summed E-state index contributed by atoms with van der Waals surface area (Å²) in [6, 6.07) is 22.1. The van der Waals surface area contributed by atoms with Crippen molar-refractivity contribution in [3.8, 4) is 0 Å². The van der Waals surface area contributed by atoms with Gasteiger partial charge in [-0.25, -0.2) is 0 Å². The minimum atomic E-state index is 0.0256. The first kappa shape index (κ1) is 12.6. The molecule has 0 aromatic heterocycles. The van der Waals surface area contributed by atoms with Crippen LogP contribution in [0.15, 0.2) is 60.7 Å². The molecule has 0 unspecified atom stereocenters. The standard InChI is InChI=1S/C16H16IP/c17-18-15(13-7-3-1-4-8-13)11-12-16(18)14-9-5-2-6-10-14/h1-10,15-16H,11-12H2/t15-,16-/m0/s1. The van der Waals surface area contributed by atoms with Crippen molar-refractivity contribution in [1.29, 1.82) is 0 Å². The summed E-state index contributed by atoms with van der Waals surface area (Å²) >= 11 is 2.73. The summed E-state index contributed by atoms with van der Waals surface area (Å²) in [5.41, 5.74) is 4.67. The Balaban J connectivity index is 1.83. The molecule has 0 spiro atoms. The first-order valence-corrected chi connectivity index (χ1v) is 10.7. The Morgan fingerprint density at radius 2 is 1.11 bits per heavy atom. The second kappa shape index (κ2) is 5.71. The van der Waals surface area contributed by atoms with Gasteiger partial charge in [0.1, 0.15) is 0 Å². The summed E-state index contributed by atoms with van der Waals surface area (Å²) in [7, 11) is 0. The Morgan fingerprint density at radius 1 is 0.722 bits per heavy atom. The van der Waals surface area contributed by atoms with Gasteiger partial charge in [-0.2, -0.15) is 0 Å². The number of hydrogen-bond donors (Lipinski definition) is 0. The van der Waals surface area contributed by atoms with Crippen LogP contribution in [0.2, 0.25) is 0 Å². The van der Waals surface area contributed by atoms with Crippen LogP contribution in [0.25, 0.3) is 0 Å². The Hall–Kier alpha value is -0.400. The highest BCUT2D eigenvalue weighted by molar-refractivity contribution is 14.2. The lowest BCUT2D eigenvalue weighted by atomic mass is 10.0. The lowest BCUT2D eigenvalue weighted by Gasteiger charge is -2.20. The summed E-state index contributed by atoms with van der Waals surface area (Å²) in [6.07, 6.45) is 2.69. The van der Waals surface area contributed by atoms with Gasteiger partial charge >= 0.3 is 0 Å². The lowest BCUT2D eigenvalue weighted by Crippen LogP contribution is -1.89. The second-order valence-corrected chi connectivity index (χ2v) is 10.1. The number of hydrogen-bond acceptors (Lipinski definition) is 0. The van der Waals surface area contributed by atoms with Gasteiger partial charge in [-0.1, -0.05) is 82.7 Å². The average Bonchev–Trinajstić information content (AvgIpc) is 2.83. The first-order valence-electron chi connectivity index (χ1n) is 6.40. The van der Waals surface area contributed by atoms with Crippen molar-refractivity contribution in [2.45, 2.75) is 24.2 Å². The zero-order valence-corrected chi connectivity index (χ0v) is 13.2. The highest BCUT2D eigenvalue weighted by atomic mass is 127. The number of rotatable bonds is 2. The van der Waals surface area contributed by atoms with Gasteiger partial charge < -0.3 is 0 Å². The van der Waals surface area contributed by atoms with Crippen molar-refractivity contribution in [3.05, 3.63) is 71.8 Å². The van der Waals surface area contributed by atoms with Gasteiger partial charge in [-0.05, 0) is 29.5 Å². The third kappa shape index (κ3) is 2.48. The predicted octanol–water partition coefficient (Wildman–Crippen LogP) is 6.09. The average molecular weight is 366 g/mol. The van der Waals surface area contributed by atoms with E-state index in [1.54, 1.807) is 0 Å². The Morgan fingerprint density at radius 3 is 1.50 bits per heavy atom. The van der Waals surface area contributed by atoms with E-state index in [4.69, 9.17) is 0 Å². The van der Waals surface area contributed by atoms with Gasteiger partial charge in [-0.3, -0.25) is 0 Å². The molecular weight excluding hydrogens is 350 g/mol. The molecule has 2 heteroatoms. The molecule has 0 aliphatic carbocycles. The summed E-state index contributed by atoms with van der Waals surface area (Å²) in [4.78, 5) is 0. The molecule has 0 saturated carbocycles. The molecule has 1 fully saturated rings. The maximum absolute atomic E-state index is 2.73. The zero-order valence-electron chi connectivity index (χ0n) is 10.2. The highest BCUT2D eigenvalue weighted by Gasteiger charge is 2.35. The van der Waals surface area contributed by atoms with Crippen molar-refractivity contribution in [1.82, 2.24) is 0 Å². The molecule has 1 heterocycles. The molecule has 92 valence electrons. The van der Waals surface area contributed by atoms with Crippen molar-refractivity contribution >= 4 is 27.6 Å². The fourth-order valence-electron chi connectivity index (χ4n) is 2.75. The Bertz CT molecular complexity index is 450. The molecule has 1 saturated heterocycles. The summed E-state index contributed by atoms with van der Waals surface area (Å²) in [6.45, 7) is 0. The van der Waals surface area contributed by atoms with Crippen LogP contribution in [0, 0.1) is 0 Å². The van der Waals surface area contributed by atoms with Gasteiger partial charge in [0, 0.05) is 11.3 Å². The van der Waals surface area contributed by atoms with E-state index in [0.29, 0.717) is 0 Å². The molecule has 2 atom stereocenters. The molecular formula is C16H16IP. The van der Waals surface area contributed by atoms with Crippen molar-refractivity contribution < 1.29 is 0 Å². The van der Waals surface area contributed by atoms with E-state index in [0.717, 1.165) is 11.3 Å². The third-order valence-electron chi connectivity index (χ3n) is 3.68. The highest BCUT2D eigenvalue weighted by Crippen LogP contribution is 2.74. The van der Waals surface area contributed by atoms with E-state index in [9.17, 15) is 0 Å². The van der Waals surface area contributed by atoms with Crippen LogP contribution in [-0.4, -0.2) is 0 Å².